The fourth-order valence-electron chi connectivity index (χ4n) is 1.54. The summed E-state index contributed by atoms with van der Waals surface area (Å²) in [6, 6.07) is 3.71. The van der Waals surface area contributed by atoms with Crippen molar-refractivity contribution in [2.24, 2.45) is 0 Å². The molecule has 0 fully saturated rings. The first-order valence-electron chi connectivity index (χ1n) is 4.71. The molecule has 0 saturated carbocycles. The number of rotatable bonds is 1. The smallest absolute Gasteiger partial charge is 0.159 e. The van der Waals surface area contributed by atoms with Gasteiger partial charge in [-0.2, -0.15) is 5.10 Å². The Balaban J connectivity index is 2.58. The Labute approximate surface area is 88.0 Å². The molecule has 0 aromatic carbocycles. The molecule has 0 saturated heterocycles. The van der Waals surface area contributed by atoms with E-state index in [2.05, 4.69) is 15.1 Å². The van der Waals surface area contributed by atoms with Crippen molar-refractivity contribution in [2.75, 3.05) is 5.73 Å². The molecule has 78 valence electrons. The SMILES string of the molecule is Cc1cc(C)n(-c2cc(N)nc(C)n2)n1. The fourth-order valence-corrected chi connectivity index (χ4v) is 1.54. The topological polar surface area (TPSA) is 69.6 Å². The van der Waals surface area contributed by atoms with Crippen LogP contribution in [-0.2, 0) is 0 Å². The minimum Gasteiger partial charge on any atom is -0.384 e. The Bertz CT molecular complexity index is 480. The largest absolute Gasteiger partial charge is 0.384 e. The summed E-state index contributed by atoms with van der Waals surface area (Å²) in [6.07, 6.45) is 0. The van der Waals surface area contributed by atoms with Gasteiger partial charge in [0.05, 0.1) is 5.69 Å². The standard InChI is InChI=1S/C10H13N5/c1-6-4-7(2)15(14-6)10-5-9(11)12-8(3)13-10/h4-5H,1-3H3,(H2,11,12,13). The minimum absolute atomic E-state index is 0.463. The molecule has 2 aromatic rings. The van der Waals surface area contributed by atoms with E-state index in [1.165, 1.54) is 0 Å². The number of nitrogens with zero attached hydrogens (tertiary/aromatic N) is 4. The zero-order valence-electron chi connectivity index (χ0n) is 9.02. The van der Waals surface area contributed by atoms with Gasteiger partial charge in [0.25, 0.3) is 0 Å². The number of aryl methyl sites for hydroxylation is 3. The van der Waals surface area contributed by atoms with Crippen LogP contribution in [0.4, 0.5) is 5.82 Å². The van der Waals surface area contributed by atoms with E-state index in [1.807, 2.05) is 26.8 Å². The van der Waals surface area contributed by atoms with Gasteiger partial charge in [0, 0.05) is 11.8 Å². The van der Waals surface area contributed by atoms with Gasteiger partial charge in [-0.1, -0.05) is 0 Å². The third-order valence-corrected chi connectivity index (χ3v) is 2.07. The summed E-state index contributed by atoms with van der Waals surface area (Å²) in [7, 11) is 0. The van der Waals surface area contributed by atoms with Gasteiger partial charge in [-0.05, 0) is 26.8 Å². The highest BCUT2D eigenvalue weighted by molar-refractivity contribution is 5.37. The van der Waals surface area contributed by atoms with Gasteiger partial charge >= 0.3 is 0 Å². The molecule has 0 aliphatic carbocycles. The van der Waals surface area contributed by atoms with E-state index >= 15 is 0 Å². The lowest BCUT2D eigenvalue weighted by atomic mass is 10.4. The Morgan fingerprint density at radius 3 is 2.40 bits per heavy atom. The van der Waals surface area contributed by atoms with Crippen LogP contribution in [0.2, 0.25) is 0 Å². The molecule has 0 amide bonds. The second kappa shape index (κ2) is 3.34. The molecule has 2 rings (SSSR count). The normalized spacial score (nSPS) is 10.6. The lowest BCUT2D eigenvalue weighted by Crippen LogP contribution is -2.06. The zero-order valence-corrected chi connectivity index (χ0v) is 9.02. The maximum atomic E-state index is 5.66. The summed E-state index contributed by atoms with van der Waals surface area (Å²) >= 11 is 0. The molecule has 5 nitrogen and oxygen atoms in total. The number of hydrogen-bond acceptors (Lipinski definition) is 4. The molecule has 0 unspecified atom stereocenters. The second-order valence-corrected chi connectivity index (χ2v) is 3.54. The number of anilines is 1. The molecule has 15 heavy (non-hydrogen) atoms. The Hall–Kier alpha value is -1.91. The van der Waals surface area contributed by atoms with Gasteiger partial charge in [0.2, 0.25) is 0 Å². The van der Waals surface area contributed by atoms with Crippen LogP contribution in [0.25, 0.3) is 5.82 Å². The molecular formula is C10H13N5. The van der Waals surface area contributed by atoms with Gasteiger partial charge in [-0.25, -0.2) is 14.6 Å². The van der Waals surface area contributed by atoms with Crippen molar-refractivity contribution in [1.29, 1.82) is 0 Å². The highest BCUT2D eigenvalue weighted by Gasteiger charge is 2.06. The Morgan fingerprint density at radius 2 is 1.87 bits per heavy atom. The quantitative estimate of drug-likeness (QED) is 0.755. The van der Waals surface area contributed by atoms with Crippen molar-refractivity contribution in [2.45, 2.75) is 20.8 Å². The molecule has 0 aliphatic heterocycles. The van der Waals surface area contributed by atoms with E-state index in [4.69, 9.17) is 5.73 Å². The molecule has 2 N–H and O–H groups in total. The summed E-state index contributed by atoms with van der Waals surface area (Å²) in [4.78, 5) is 8.31. The molecule has 0 bridgehead atoms. The Morgan fingerprint density at radius 1 is 1.13 bits per heavy atom. The molecule has 0 aliphatic rings. The maximum absolute atomic E-state index is 5.66. The van der Waals surface area contributed by atoms with Crippen molar-refractivity contribution < 1.29 is 0 Å². The minimum atomic E-state index is 0.463. The molecule has 0 radical (unpaired) electrons. The van der Waals surface area contributed by atoms with Crippen LogP contribution in [0.1, 0.15) is 17.2 Å². The first kappa shape index (κ1) is 9.64. The van der Waals surface area contributed by atoms with Crippen LogP contribution in [0.5, 0.6) is 0 Å². The van der Waals surface area contributed by atoms with Crippen LogP contribution < -0.4 is 5.73 Å². The van der Waals surface area contributed by atoms with Gasteiger partial charge in [0.15, 0.2) is 5.82 Å². The summed E-state index contributed by atoms with van der Waals surface area (Å²) in [6.45, 7) is 5.74. The van der Waals surface area contributed by atoms with Gasteiger partial charge in [-0.15, -0.1) is 0 Å². The van der Waals surface area contributed by atoms with Gasteiger partial charge < -0.3 is 5.73 Å². The number of aromatic nitrogens is 4. The molecule has 5 heteroatoms. The van der Waals surface area contributed by atoms with Crippen molar-refractivity contribution in [1.82, 2.24) is 19.7 Å². The van der Waals surface area contributed by atoms with Crippen LogP contribution in [0.3, 0.4) is 0 Å². The van der Waals surface area contributed by atoms with Crippen molar-refractivity contribution >= 4 is 5.82 Å². The highest BCUT2D eigenvalue weighted by Crippen LogP contribution is 2.11. The average molecular weight is 203 g/mol. The van der Waals surface area contributed by atoms with Crippen LogP contribution in [0, 0.1) is 20.8 Å². The first-order valence-corrected chi connectivity index (χ1v) is 4.71. The Kier molecular flexibility index (Phi) is 2.15. The molecule has 2 aromatic heterocycles. The van der Waals surface area contributed by atoms with E-state index in [1.54, 1.807) is 10.7 Å². The van der Waals surface area contributed by atoms with Crippen LogP contribution in [0.15, 0.2) is 12.1 Å². The third-order valence-electron chi connectivity index (χ3n) is 2.07. The van der Waals surface area contributed by atoms with Crippen molar-refractivity contribution in [3.63, 3.8) is 0 Å². The lowest BCUT2D eigenvalue weighted by Gasteiger charge is -2.04. The van der Waals surface area contributed by atoms with Gasteiger partial charge in [-0.3, -0.25) is 0 Å². The summed E-state index contributed by atoms with van der Waals surface area (Å²) in [5.74, 6) is 1.83. The fraction of sp³-hybridized carbons (Fsp3) is 0.300. The predicted molar refractivity (Wildman–Crippen MR) is 57.8 cm³/mol. The van der Waals surface area contributed by atoms with E-state index in [0.717, 1.165) is 11.4 Å². The van der Waals surface area contributed by atoms with Crippen molar-refractivity contribution in [3.05, 3.63) is 29.3 Å². The zero-order chi connectivity index (χ0) is 11.0. The van der Waals surface area contributed by atoms with Crippen LogP contribution in [-0.4, -0.2) is 19.7 Å². The molecule has 2 heterocycles. The molecule has 0 atom stereocenters. The average Bonchev–Trinajstić information content (AvgIpc) is 2.43. The van der Waals surface area contributed by atoms with Gasteiger partial charge in [0.1, 0.15) is 11.6 Å². The number of nitrogens with two attached hydrogens (primary N) is 1. The predicted octanol–water partition coefficient (Wildman–Crippen LogP) is 1.17. The van der Waals surface area contributed by atoms with E-state index in [0.29, 0.717) is 17.5 Å². The van der Waals surface area contributed by atoms with Crippen molar-refractivity contribution in [3.8, 4) is 5.82 Å². The van der Waals surface area contributed by atoms with Crippen LogP contribution >= 0.6 is 0 Å². The lowest BCUT2D eigenvalue weighted by molar-refractivity contribution is 0.794. The third kappa shape index (κ3) is 1.81. The second-order valence-electron chi connectivity index (χ2n) is 3.54. The highest BCUT2D eigenvalue weighted by atomic mass is 15.3. The number of hydrogen-bond donors (Lipinski definition) is 1. The van der Waals surface area contributed by atoms with E-state index < -0.39 is 0 Å². The molecule has 0 spiro atoms. The molecular weight excluding hydrogens is 190 g/mol. The summed E-state index contributed by atoms with van der Waals surface area (Å²) in [5, 5.41) is 4.33. The number of nitrogen functional groups attached to an aromatic ring is 1. The van der Waals surface area contributed by atoms with E-state index in [9.17, 15) is 0 Å². The van der Waals surface area contributed by atoms with E-state index in [-0.39, 0.29) is 0 Å². The summed E-state index contributed by atoms with van der Waals surface area (Å²) < 4.78 is 1.76. The summed E-state index contributed by atoms with van der Waals surface area (Å²) in [5.41, 5.74) is 7.65. The maximum Gasteiger partial charge on any atom is 0.159 e. The first-order chi connectivity index (χ1) is 7.06. The monoisotopic (exact) mass is 203 g/mol.